The maximum absolute atomic E-state index is 11.1. The minimum Gasteiger partial charge on any atom is -0.481 e. The molecule has 0 aliphatic heterocycles. The van der Waals surface area contributed by atoms with Crippen LogP contribution in [0.25, 0.3) is 0 Å². The number of hydrogen-bond acceptors (Lipinski definition) is 2. The molecule has 1 fully saturated rings. The topological polar surface area (TPSA) is 50.2 Å². The number of carboxylic acid groups (broad SMARTS) is 1. The van der Waals surface area contributed by atoms with E-state index < -0.39 is 11.4 Å². The van der Waals surface area contributed by atoms with Crippen molar-refractivity contribution in [3.63, 3.8) is 0 Å². The second-order valence-corrected chi connectivity index (χ2v) is 3.94. The third-order valence-corrected chi connectivity index (χ3v) is 3.01. The van der Waals surface area contributed by atoms with Crippen molar-refractivity contribution in [3.05, 3.63) is 30.1 Å². The van der Waals surface area contributed by atoms with Gasteiger partial charge in [-0.2, -0.15) is 0 Å². The van der Waals surface area contributed by atoms with Gasteiger partial charge in [0, 0.05) is 18.3 Å². The zero-order valence-corrected chi connectivity index (χ0v) is 7.94. The number of rotatable bonds is 3. The molecule has 0 amide bonds. The number of hydrogen-bond donors (Lipinski definition) is 1. The van der Waals surface area contributed by atoms with Crippen LogP contribution in [-0.4, -0.2) is 16.1 Å². The second kappa shape index (κ2) is 3.40. The third kappa shape index (κ3) is 1.50. The molecule has 0 radical (unpaired) electrons. The highest BCUT2D eigenvalue weighted by Crippen LogP contribution is 2.43. The van der Waals surface area contributed by atoms with E-state index in [1.54, 1.807) is 6.20 Å². The maximum atomic E-state index is 11.1. The minimum absolute atomic E-state index is 0.519. The van der Waals surface area contributed by atoms with Gasteiger partial charge in [0.15, 0.2) is 0 Å². The van der Waals surface area contributed by atoms with Gasteiger partial charge in [-0.1, -0.05) is 12.5 Å². The monoisotopic (exact) mass is 191 g/mol. The van der Waals surface area contributed by atoms with Crippen LogP contribution in [0.4, 0.5) is 0 Å². The van der Waals surface area contributed by atoms with Crippen LogP contribution >= 0.6 is 0 Å². The minimum atomic E-state index is -0.672. The molecule has 1 aromatic heterocycles. The Bertz CT molecular complexity index is 330. The van der Waals surface area contributed by atoms with Gasteiger partial charge in [-0.25, -0.2) is 0 Å². The lowest BCUT2D eigenvalue weighted by atomic mass is 9.66. The van der Waals surface area contributed by atoms with Crippen LogP contribution in [0.2, 0.25) is 0 Å². The van der Waals surface area contributed by atoms with Crippen LogP contribution < -0.4 is 0 Å². The Morgan fingerprint density at radius 1 is 1.50 bits per heavy atom. The van der Waals surface area contributed by atoms with Crippen molar-refractivity contribution >= 4 is 5.97 Å². The van der Waals surface area contributed by atoms with Crippen LogP contribution in [0.1, 0.15) is 25.0 Å². The molecule has 1 aromatic rings. The zero-order valence-electron chi connectivity index (χ0n) is 7.94. The molecule has 0 aromatic carbocycles. The first-order valence-electron chi connectivity index (χ1n) is 4.86. The maximum Gasteiger partial charge on any atom is 0.310 e. The van der Waals surface area contributed by atoms with Crippen LogP contribution in [0.5, 0.6) is 0 Å². The van der Waals surface area contributed by atoms with Gasteiger partial charge in [0.2, 0.25) is 0 Å². The molecule has 0 unspecified atom stereocenters. The number of nitrogens with zero attached hydrogens (tertiary/aromatic N) is 1. The molecule has 0 bridgehead atoms. The van der Waals surface area contributed by atoms with Gasteiger partial charge in [0.25, 0.3) is 0 Å². The summed E-state index contributed by atoms with van der Waals surface area (Å²) in [6.07, 6.45) is 4.89. The summed E-state index contributed by atoms with van der Waals surface area (Å²) in [7, 11) is 0. The molecular formula is C11H13NO2. The summed E-state index contributed by atoms with van der Waals surface area (Å²) in [4.78, 5) is 15.2. The molecule has 3 nitrogen and oxygen atoms in total. The fraction of sp³-hybridized carbons (Fsp3) is 0.455. The smallest absolute Gasteiger partial charge is 0.310 e. The molecule has 1 aliphatic carbocycles. The summed E-state index contributed by atoms with van der Waals surface area (Å²) in [6.45, 7) is 0. The third-order valence-electron chi connectivity index (χ3n) is 3.01. The van der Waals surface area contributed by atoms with Crippen LogP contribution in [0.3, 0.4) is 0 Å². The average Bonchev–Trinajstić information content (AvgIpc) is 2.12. The predicted octanol–water partition coefficient (Wildman–Crippen LogP) is 1.88. The number of carboxylic acids is 1. The van der Waals surface area contributed by atoms with Gasteiger partial charge in [0.05, 0.1) is 5.41 Å². The molecule has 74 valence electrons. The van der Waals surface area contributed by atoms with E-state index in [1.807, 2.05) is 18.2 Å². The first kappa shape index (κ1) is 9.19. The highest BCUT2D eigenvalue weighted by atomic mass is 16.4. The molecule has 2 rings (SSSR count). The van der Waals surface area contributed by atoms with E-state index in [1.165, 1.54) is 0 Å². The molecule has 1 aliphatic rings. The van der Waals surface area contributed by atoms with E-state index >= 15 is 0 Å². The van der Waals surface area contributed by atoms with Gasteiger partial charge in [-0.15, -0.1) is 0 Å². The van der Waals surface area contributed by atoms with E-state index in [9.17, 15) is 4.79 Å². The van der Waals surface area contributed by atoms with Gasteiger partial charge in [0.1, 0.15) is 0 Å². The quantitative estimate of drug-likeness (QED) is 0.793. The Morgan fingerprint density at radius 3 is 2.71 bits per heavy atom. The summed E-state index contributed by atoms with van der Waals surface area (Å²) in [6, 6.07) is 5.64. The van der Waals surface area contributed by atoms with E-state index in [0.29, 0.717) is 6.42 Å². The molecule has 1 saturated carbocycles. The molecule has 14 heavy (non-hydrogen) atoms. The summed E-state index contributed by atoms with van der Waals surface area (Å²) in [5.74, 6) is -0.672. The molecule has 1 N–H and O–H groups in total. The molecule has 3 heteroatoms. The molecule has 0 saturated heterocycles. The van der Waals surface area contributed by atoms with E-state index in [2.05, 4.69) is 4.98 Å². The van der Waals surface area contributed by atoms with Gasteiger partial charge < -0.3 is 5.11 Å². The zero-order chi connectivity index (χ0) is 10.0. The predicted molar refractivity (Wildman–Crippen MR) is 51.9 cm³/mol. The summed E-state index contributed by atoms with van der Waals surface area (Å²) in [5.41, 5.74) is 0.364. The van der Waals surface area contributed by atoms with Crippen LogP contribution in [0, 0.1) is 5.41 Å². The van der Waals surface area contributed by atoms with Crippen molar-refractivity contribution in [1.29, 1.82) is 0 Å². The highest BCUT2D eigenvalue weighted by molar-refractivity contribution is 5.76. The fourth-order valence-corrected chi connectivity index (χ4v) is 1.92. The van der Waals surface area contributed by atoms with Gasteiger partial charge >= 0.3 is 5.97 Å². The van der Waals surface area contributed by atoms with E-state index in [-0.39, 0.29) is 0 Å². The van der Waals surface area contributed by atoms with Crippen LogP contribution in [0.15, 0.2) is 24.4 Å². The second-order valence-electron chi connectivity index (χ2n) is 3.94. The summed E-state index contributed by atoms with van der Waals surface area (Å²) >= 11 is 0. The van der Waals surface area contributed by atoms with Crippen LogP contribution in [-0.2, 0) is 11.2 Å². The van der Waals surface area contributed by atoms with E-state index in [0.717, 1.165) is 25.0 Å². The number of carbonyl (C=O) groups is 1. The molecule has 0 atom stereocenters. The Labute approximate surface area is 82.8 Å². The van der Waals surface area contributed by atoms with E-state index in [4.69, 9.17) is 5.11 Å². The summed E-state index contributed by atoms with van der Waals surface area (Å²) < 4.78 is 0. The normalized spacial score (nSPS) is 18.6. The van der Waals surface area contributed by atoms with Gasteiger partial charge in [-0.05, 0) is 25.0 Å². The molecular weight excluding hydrogens is 178 g/mol. The van der Waals surface area contributed by atoms with Crippen molar-refractivity contribution in [2.45, 2.75) is 25.7 Å². The lowest BCUT2D eigenvalue weighted by molar-refractivity contribution is -0.154. The summed E-state index contributed by atoms with van der Waals surface area (Å²) in [5, 5.41) is 9.12. The van der Waals surface area contributed by atoms with Crippen molar-refractivity contribution in [2.24, 2.45) is 5.41 Å². The van der Waals surface area contributed by atoms with Crippen molar-refractivity contribution in [2.75, 3.05) is 0 Å². The standard InChI is InChI=1S/C11H13NO2/c13-10(14)11(5-3-6-11)8-9-4-1-2-7-12-9/h1-2,4,7H,3,5-6,8H2,(H,13,14). The molecule has 0 spiro atoms. The average molecular weight is 191 g/mol. The highest BCUT2D eigenvalue weighted by Gasteiger charge is 2.44. The number of pyridine rings is 1. The van der Waals surface area contributed by atoms with Gasteiger partial charge in [-0.3, -0.25) is 9.78 Å². The Morgan fingerprint density at radius 2 is 2.29 bits per heavy atom. The number of aromatic nitrogens is 1. The first-order valence-corrected chi connectivity index (χ1v) is 4.86. The number of aliphatic carboxylic acids is 1. The lowest BCUT2D eigenvalue weighted by Gasteiger charge is -2.37. The molecule has 1 heterocycles. The van der Waals surface area contributed by atoms with Crippen molar-refractivity contribution in [1.82, 2.24) is 4.98 Å². The lowest BCUT2D eigenvalue weighted by Crippen LogP contribution is -2.40. The van der Waals surface area contributed by atoms with Crippen molar-refractivity contribution in [3.8, 4) is 0 Å². The Hall–Kier alpha value is -1.38. The Kier molecular flexibility index (Phi) is 2.23. The van der Waals surface area contributed by atoms with Crippen molar-refractivity contribution < 1.29 is 9.90 Å². The fourth-order valence-electron chi connectivity index (χ4n) is 1.92. The Balaban J connectivity index is 2.13. The first-order chi connectivity index (χ1) is 6.73. The SMILES string of the molecule is O=C(O)C1(Cc2ccccn2)CCC1. The largest absolute Gasteiger partial charge is 0.481 e.